The Hall–Kier alpha value is -0.430. The summed E-state index contributed by atoms with van der Waals surface area (Å²) in [5, 5.41) is 0. The minimum Gasteiger partial charge on any atom is -0.380 e. The lowest BCUT2D eigenvalue weighted by Gasteiger charge is -2.15. The third kappa shape index (κ3) is 4.35. The van der Waals surface area contributed by atoms with Crippen molar-refractivity contribution in [2.45, 2.75) is 31.7 Å². The van der Waals surface area contributed by atoms with E-state index in [4.69, 9.17) is 4.74 Å². The van der Waals surface area contributed by atoms with Gasteiger partial charge in [0, 0.05) is 17.1 Å². The van der Waals surface area contributed by atoms with E-state index in [1.165, 1.54) is 0 Å². The van der Waals surface area contributed by atoms with Gasteiger partial charge in [0.05, 0.1) is 11.5 Å². The maximum atomic E-state index is 12.1. The predicted molar refractivity (Wildman–Crippen MR) is 75.2 cm³/mol. The number of ether oxygens (including phenoxy) is 1. The van der Waals surface area contributed by atoms with E-state index in [1.807, 2.05) is 13.8 Å². The molecule has 0 fully saturated rings. The highest BCUT2D eigenvalue weighted by molar-refractivity contribution is 9.10. The molecule has 0 radical (unpaired) electrons. The van der Waals surface area contributed by atoms with Crippen LogP contribution in [0.3, 0.4) is 0 Å². The molecule has 1 unspecified atom stereocenters. The Balaban J connectivity index is 2.86. The zero-order chi connectivity index (χ0) is 13.8. The first-order valence-corrected chi connectivity index (χ1v) is 8.00. The molecule has 0 aliphatic heterocycles. The summed E-state index contributed by atoms with van der Waals surface area (Å²) < 4.78 is 32.6. The number of sulfonamides is 1. The molecule has 0 aliphatic carbocycles. The topological polar surface area (TPSA) is 55.4 Å². The van der Waals surface area contributed by atoms with Crippen LogP contribution in [0.4, 0.5) is 0 Å². The lowest BCUT2D eigenvalue weighted by atomic mass is 10.2. The molecule has 1 aromatic rings. The van der Waals surface area contributed by atoms with Crippen LogP contribution in [0.2, 0.25) is 0 Å². The summed E-state index contributed by atoms with van der Waals surface area (Å²) in [4.78, 5) is 0.247. The van der Waals surface area contributed by atoms with Gasteiger partial charge in [-0.15, -0.1) is 0 Å². The Bertz CT molecular complexity index is 502. The molecule has 0 bridgehead atoms. The molecule has 0 spiro atoms. The fourth-order valence-electron chi connectivity index (χ4n) is 1.48. The van der Waals surface area contributed by atoms with Gasteiger partial charge in [0.1, 0.15) is 0 Å². The third-order valence-electron chi connectivity index (χ3n) is 2.31. The second kappa shape index (κ2) is 6.65. The molecular weight excluding hydrogens is 318 g/mol. The maximum absolute atomic E-state index is 12.1. The van der Waals surface area contributed by atoms with E-state index in [1.54, 1.807) is 25.1 Å². The van der Waals surface area contributed by atoms with E-state index >= 15 is 0 Å². The van der Waals surface area contributed by atoms with Crippen molar-refractivity contribution in [2.24, 2.45) is 0 Å². The van der Waals surface area contributed by atoms with Gasteiger partial charge in [-0.05, 0) is 54.4 Å². The van der Waals surface area contributed by atoms with Crippen molar-refractivity contribution in [1.82, 2.24) is 4.72 Å². The first-order valence-electron chi connectivity index (χ1n) is 5.73. The minimum atomic E-state index is -3.51. The zero-order valence-electron chi connectivity index (χ0n) is 10.7. The van der Waals surface area contributed by atoms with Gasteiger partial charge in [-0.3, -0.25) is 0 Å². The predicted octanol–water partition coefficient (Wildman–Crippen LogP) is 2.46. The van der Waals surface area contributed by atoms with Gasteiger partial charge in [-0.1, -0.05) is 6.07 Å². The number of aryl methyl sites for hydroxylation is 1. The highest BCUT2D eigenvalue weighted by atomic mass is 79.9. The average Bonchev–Trinajstić information content (AvgIpc) is 2.25. The Labute approximate surface area is 117 Å². The van der Waals surface area contributed by atoms with Crippen LogP contribution in [0, 0.1) is 6.92 Å². The number of benzene rings is 1. The molecule has 0 amide bonds. The van der Waals surface area contributed by atoms with E-state index in [0.717, 1.165) is 5.56 Å². The van der Waals surface area contributed by atoms with E-state index < -0.39 is 10.0 Å². The van der Waals surface area contributed by atoms with Crippen molar-refractivity contribution in [3.05, 3.63) is 28.2 Å². The maximum Gasteiger partial charge on any atom is 0.242 e. The fourth-order valence-corrected chi connectivity index (χ4v) is 3.90. The molecular formula is C12H18BrNO3S. The number of nitrogens with one attached hydrogen (secondary N) is 1. The second-order valence-electron chi connectivity index (χ2n) is 4.12. The number of rotatable bonds is 6. The van der Waals surface area contributed by atoms with Gasteiger partial charge >= 0.3 is 0 Å². The van der Waals surface area contributed by atoms with Crippen LogP contribution in [-0.4, -0.2) is 27.7 Å². The zero-order valence-corrected chi connectivity index (χ0v) is 13.1. The van der Waals surface area contributed by atoms with Gasteiger partial charge < -0.3 is 4.74 Å². The Morgan fingerprint density at radius 2 is 2.11 bits per heavy atom. The minimum absolute atomic E-state index is 0.247. The first kappa shape index (κ1) is 15.6. The molecule has 0 aromatic heterocycles. The van der Waals surface area contributed by atoms with E-state index in [0.29, 0.717) is 17.7 Å². The number of halogens is 1. The Kier molecular flexibility index (Phi) is 5.78. The van der Waals surface area contributed by atoms with Crippen molar-refractivity contribution in [3.63, 3.8) is 0 Å². The van der Waals surface area contributed by atoms with Crippen LogP contribution in [-0.2, 0) is 14.8 Å². The van der Waals surface area contributed by atoms with Gasteiger partial charge in [0.2, 0.25) is 10.0 Å². The molecule has 1 rings (SSSR count). The molecule has 1 N–H and O–H groups in total. The summed E-state index contributed by atoms with van der Waals surface area (Å²) in [5.41, 5.74) is 1.00. The highest BCUT2D eigenvalue weighted by Crippen LogP contribution is 2.23. The Morgan fingerprint density at radius 1 is 1.44 bits per heavy atom. The molecule has 4 nitrogen and oxygen atoms in total. The van der Waals surface area contributed by atoms with Crippen molar-refractivity contribution in [2.75, 3.05) is 13.2 Å². The highest BCUT2D eigenvalue weighted by Gasteiger charge is 2.20. The van der Waals surface area contributed by atoms with Crippen molar-refractivity contribution in [3.8, 4) is 0 Å². The van der Waals surface area contributed by atoms with Crippen LogP contribution < -0.4 is 4.72 Å². The van der Waals surface area contributed by atoms with E-state index in [-0.39, 0.29) is 10.9 Å². The van der Waals surface area contributed by atoms with Gasteiger partial charge in [0.15, 0.2) is 0 Å². The van der Waals surface area contributed by atoms with Crippen molar-refractivity contribution < 1.29 is 13.2 Å². The summed E-state index contributed by atoms with van der Waals surface area (Å²) in [6.07, 6.45) is 0. The standard InChI is InChI=1S/C12H18BrNO3S/c1-4-17-8-10(3)14-18(15,16)12-6-5-9(2)7-11(12)13/h5-7,10,14H,4,8H2,1-3H3. The molecule has 0 saturated carbocycles. The van der Waals surface area contributed by atoms with Gasteiger partial charge in [-0.2, -0.15) is 0 Å². The van der Waals surface area contributed by atoms with E-state index in [2.05, 4.69) is 20.7 Å². The summed E-state index contributed by atoms with van der Waals surface area (Å²) in [6, 6.07) is 4.88. The molecule has 102 valence electrons. The molecule has 0 aliphatic rings. The van der Waals surface area contributed by atoms with Crippen LogP contribution in [0.5, 0.6) is 0 Å². The second-order valence-corrected chi connectivity index (χ2v) is 6.65. The Morgan fingerprint density at radius 3 is 2.67 bits per heavy atom. The van der Waals surface area contributed by atoms with E-state index in [9.17, 15) is 8.42 Å². The molecule has 0 heterocycles. The number of hydrogen-bond acceptors (Lipinski definition) is 3. The van der Waals surface area contributed by atoms with Gasteiger partial charge in [-0.25, -0.2) is 13.1 Å². The molecule has 0 saturated heterocycles. The molecule has 1 atom stereocenters. The lowest BCUT2D eigenvalue weighted by molar-refractivity contribution is 0.133. The SMILES string of the molecule is CCOCC(C)NS(=O)(=O)c1ccc(C)cc1Br. The van der Waals surface area contributed by atoms with Crippen LogP contribution in [0.25, 0.3) is 0 Å². The van der Waals surface area contributed by atoms with Crippen LogP contribution >= 0.6 is 15.9 Å². The monoisotopic (exact) mass is 335 g/mol. The molecule has 6 heteroatoms. The van der Waals surface area contributed by atoms with Crippen molar-refractivity contribution in [1.29, 1.82) is 0 Å². The largest absolute Gasteiger partial charge is 0.380 e. The quantitative estimate of drug-likeness (QED) is 0.868. The normalized spacial score (nSPS) is 13.6. The summed E-state index contributed by atoms with van der Waals surface area (Å²) in [6.45, 7) is 6.49. The first-order chi connectivity index (χ1) is 8.36. The van der Waals surface area contributed by atoms with Crippen LogP contribution in [0.1, 0.15) is 19.4 Å². The van der Waals surface area contributed by atoms with Crippen LogP contribution in [0.15, 0.2) is 27.6 Å². The molecule has 18 heavy (non-hydrogen) atoms. The number of hydrogen-bond donors (Lipinski definition) is 1. The lowest BCUT2D eigenvalue weighted by Crippen LogP contribution is -2.36. The molecule has 1 aromatic carbocycles. The third-order valence-corrected chi connectivity index (χ3v) is 4.87. The van der Waals surface area contributed by atoms with Gasteiger partial charge in [0.25, 0.3) is 0 Å². The van der Waals surface area contributed by atoms with Crippen molar-refractivity contribution >= 4 is 26.0 Å². The average molecular weight is 336 g/mol. The summed E-state index contributed by atoms with van der Waals surface area (Å²) >= 11 is 3.28. The summed E-state index contributed by atoms with van der Waals surface area (Å²) in [5.74, 6) is 0. The smallest absolute Gasteiger partial charge is 0.242 e. The fraction of sp³-hybridized carbons (Fsp3) is 0.500. The summed E-state index contributed by atoms with van der Waals surface area (Å²) in [7, 11) is -3.51.